The second kappa shape index (κ2) is 7.79. The topological polar surface area (TPSA) is 72.3 Å². The van der Waals surface area contributed by atoms with Crippen LogP contribution in [0.15, 0.2) is 24.3 Å². The maximum absolute atomic E-state index is 12.7. The summed E-state index contributed by atoms with van der Waals surface area (Å²) in [5.74, 6) is 0.243. The SMILES string of the molecule is CCCN(CCC)C(=O)Cn1c(CS(C)(=O)=O)nc2ccccc21. The van der Waals surface area contributed by atoms with Crippen molar-refractivity contribution in [3.63, 3.8) is 0 Å². The van der Waals surface area contributed by atoms with E-state index < -0.39 is 9.84 Å². The first-order valence-electron chi connectivity index (χ1n) is 8.25. The normalized spacial score (nSPS) is 11.8. The van der Waals surface area contributed by atoms with Gasteiger partial charge >= 0.3 is 0 Å². The average Bonchev–Trinajstić information content (AvgIpc) is 2.83. The molecule has 0 bridgehead atoms. The minimum absolute atomic E-state index is 0.00314. The van der Waals surface area contributed by atoms with E-state index in [1.165, 1.54) is 6.26 Å². The van der Waals surface area contributed by atoms with Crippen LogP contribution in [-0.2, 0) is 26.9 Å². The predicted molar refractivity (Wildman–Crippen MR) is 95.4 cm³/mol. The maximum Gasteiger partial charge on any atom is 0.242 e. The molecule has 0 saturated heterocycles. The highest BCUT2D eigenvalue weighted by molar-refractivity contribution is 7.89. The van der Waals surface area contributed by atoms with E-state index in [1.54, 1.807) is 4.57 Å². The van der Waals surface area contributed by atoms with E-state index >= 15 is 0 Å². The summed E-state index contributed by atoms with van der Waals surface area (Å²) in [6.07, 6.45) is 2.97. The fourth-order valence-electron chi connectivity index (χ4n) is 2.78. The number of amides is 1. The van der Waals surface area contributed by atoms with Crippen LogP contribution in [0.1, 0.15) is 32.5 Å². The Labute approximate surface area is 143 Å². The van der Waals surface area contributed by atoms with Gasteiger partial charge in [0.1, 0.15) is 18.1 Å². The molecule has 0 saturated carbocycles. The highest BCUT2D eigenvalue weighted by Gasteiger charge is 2.19. The first kappa shape index (κ1) is 18.4. The van der Waals surface area contributed by atoms with Gasteiger partial charge in [0, 0.05) is 19.3 Å². The van der Waals surface area contributed by atoms with Crippen molar-refractivity contribution in [2.24, 2.45) is 0 Å². The third-order valence-electron chi connectivity index (χ3n) is 3.76. The van der Waals surface area contributed by atoms with Crippen LogP contribution in [-0.4, -0.2) is 48.1 Å². The quantitative estimate of drug-likeness (QED) is 0.731. The number of carbonyl (C=O) groups is 1. The number of hydrogen-bond acceptors (Lipinski definition) is 4. The number of aromatic nitrogens is 2. The van der Waals surface area contributed by atoms with Gasteiger partial charge in [-0.15, -0.1) is 0 Å². The molecule has 1 heterocycles. The van der Waals surface area contributed by atoms with E-state index in [0.29, 0.717) is 24.4 Å². The molecule has 2 rings (SSSR count). The van der Waals surface area contributed by atoms with Gasteiger partial charge in [-0.25, -0.2) is 13.4 Å². The summed E-state index contributed by atoms with van der Waals surface area (Å²) in [5, 5.41) is 0. The zero-order valence-corrected chi connectivity index (χ0v) is 15.3. The van der Waals surface area contributed by atoms with Gasteiger partial charge < -0.3 is 9.47 Å². The molecule has 0 N–H and O–H groups in total. The van der Waals surface area contributed by atoms with Crippen LogP contribution in [0.3, 0.4) is 0 Å². The Hall–Kier alpha value is -1.89. The number of rotatable bonds is 8. The Bertz CT molecular complexity index is 806. The van der Waals surface area contributed by atoms with Gasteiger partial charge in [0.05, 0.1) is 11.0 Å². The smallest absolute Gasteiger partial charge is 0.242 e. The van der Waals surface area contributed by atoms with Crippen molar-refractivity contribution < 1.29 is 13.2 Å². The van der Waals surface area contributed by atoms with Gasteiger partial charge in [-0.2, -0.15) is 0 Å². The zero-order chi connectivity index (χ0) is 17.7. The van der Waals surface area contributed by atoms with Crippen molar-refractivity contribution in [3.05, 3.63) is 30.1 Å². The third-order valence-corrected chi connectivity index (χ3v) is 4.54. The molecule has 24 heavy (non-hydrogen) atoms. The van der Waals surface area contributed by atoms with E-state index in [4.69, 9.17) is 0 Å². The van der Waals surface area contributed by atoms with E-state index in [-0.39, 0.29) is 18.2 Å². The first-order valence-corrected chi connectivity index (χ1v) is 10.3. The zero-order valence-electron chi connectivity index (χ0n) is 14.5. The highest BCUT2D eigenvalue weighted by atomic mass is 32.2. The molecule has 1 amide bonds. The number of hydrogen-bond donors (Lipinski definition) is 0. The molecule has 0 atom stereocenters. The maximum atomic E-state index is 12.7. The number of nitrogens with zero attached hydrogens (tertiary/aromatic N) is 3. The number of benzene rings is 1. The molecule has 0 fully saturated rings. The van der Waals surface area contributed by atoms with Crippen molar-refractivity contribution in [2.75, 3.05) is 19.3 Å². The molecule has 132 valence electrons. The minimum Gasteiger partial charge on any atom is -0.341 e. The van der Waals surface area contributed by atoms with Crippen LogP contribution in [0, 0.1) is 0 Å². The van der Waals surface area contributed by atoms with Crippen LogP contribution in [0.4, 0.5) is 0 Å². The van der Waals surface area contributed by atoms with Crippen molar-refractivity contribution in [1.29, 1.82) is 0 Å². The van der Waals surface area contributed by atoms with Crippen LogP contribution >= 0.6 is 0 Å². The summed E-state index contributed by atoms with van der Waals surface area (Å²) in [6.45, 7) is 5.61. The van der Waals surface area contributed by atoms with Crippen molar-refractivity contribution in [3.8, 4) is 0 Å². The van der Waals surface area contributed by atoms with Crippen molar-refractivity contribution >= 4 is 26.8 Å². The number of para-hydroxylation sites is 2. The molecule has 2 aromatic rings. The van der Waals surface area contributed by atoms with Crippen LogP contribution in [0.5, 0.6) is 0 Å². The lowest BCUT2D eigenvalue weighted by Crippen LogP contribution is -2.35. The predicted octanol–water partition coefficient (Wildman–Crippen LogP) is 2.23. The number of fused-ring (bicyclic) bond motifs is 1. The summed E-state index contributed by atoms with van der Waals surface area (Å²) in [5.41, 5.74) is 1.50. The van der Waals surface area contributed by atoms with Crippen LogP contribution in [0.2, 0.25) is 0 Å². The summed E-state index contributed by atoms with van der Waals surface area (Å²) in [4.78, 5) is 18.9. The van der Waals surface area contributed by atoms with Gasteiger partial charge in [-0.05, 0) is 25.0 Å². The molecule has 0 aliphatic carbocycles. The lowest BCUT2D eigenvalue weighted by molar-refractivity contribution is -0.131. The van der Waals surface area contributed by atoms with E-state index in [1.807, 2.05) is 43.0 Å². The standard InChI is InChI=1S/C17H25N3O3S/c1-4-10-19(11-5-2)17(21)12-20-15-9-7-6-8-14(15)18-16(20)13-24(3,22)23/h6-9H,4-5,10-13H2,1-3H3. The Balaban J connectivity index is 2.38. The fraction of sp³-hybridized carbons (Fsp3) is 0.529. The Kier molecular flexibility index (Phi) is 5.99. The van der Waals surface area contributed by atoms with E-state index in [0.717, 1.165) is 18.4 Å². The molecule has 1 aromatic carbocycles. The molecule has 0 aliphatic rings. The number of carbonyl (C=O) groups excluding carboxylic acids is 1. The van der Waals surface area contributed by atoms with Gasteiger partial charge in [0.15, 0.2) is 9.84 Å². The molecule has 1 aromatic heterocycles. The van der Waals surface area contributed by atoms with E-state index in [9.17, 15) is 13.2 Å². The summed E-state index contributed by atoms with van der Waals surface area (Å²) < 4.78 is 25.1. The van der Waals surface area contributed by atoms with Crippen LogP contribution < -0.4 is 0 Å². The monoisotopic (exact) mass is 351 g/mol. The second-order valence-corrected chi connectivity index (χ2v) is 8.19. The first-order chi connectivity index (χ1) is 11.4. The fourth-order valence-corrected chi connectivity index (χ4v) is 3.47. The largest absolute Gasteiger partial charge is 0.341 e. The van der Waals surface area contributed by atoms with E-state index in [2.05, 4.69) is 4.98 Å². The Morgan fingerprint density at radius 2 is 1.79 bits per heavy atom. The molecule has 0 spiro atoms. The van der Waals surface area contributed by atoms with Crippen molar-refractivity contribution in [2.45, 2.75) is 39.0 Å². The molecule has 0 radical (unpaired) electrons. The van der Waals surface area contributed by atoms with Gasteiger partial charge in [0.25, 0.3) is 0 Å². The summed E-state index contributed by atoms with van der Waals surface area (Å²) in [7, 11) is -3.23. The lowest BCUT2D eigenvalue weighted by atomic mass is 10.3. The summed E-state index contributed by atoms with van der Waals surface area (Å²) >= 11 is 0. The molecular formula is C17H25N3O3S. The van der Waals surface area contributed by atoms with Gasteiger partial charge in [-0.1, -0.05) is 26.0 Å². The highest BCUT2D eigenvalue weighted by Crippen LogP contribution is 2.18. The second-order valence-electron chi connectivity index (χ2n) is 6.05. The average molecular weight is 351 g/mol. The number of sulfone groups is 1. The lowest BCUT2D eigenvalue weighted by Gasteiger charge is -2.22. The van der Waals surface area contributed by atoms with Crippen molar-refractivity contribution in [1.82, 2.24) is 14.5 Å². The minimum atomic E-state index is -3.23. The molecule has 0 unspecified atom stereocenters. The number of imidazole rings is 1. The van der Waals surface area contributed by atoms with Gasteiger partial charge in [0.2, 0.25) is 5.91 Å². The molecule has 0 aliphatic heterocycles. The Morgan fingerprint density at radius 1 is 1.17 bits per heavy atom. The molecule has 6 nitrogen and oxygen atoms in total. The summed E-state index contributed by atoms with van der Waals surface area (Å²) in [6, 6.07) is 7.42. The molecular weight excluding hydrogens is 326 g/mol. The molecule has 7 heteroatoms. The van der Waals surface area contributed by atoms with Crippen LogP contribution in [0.25, 0.3) is 11.0 Å². The Morgan fingerprint density at radius 3 is 2.38 bits per heavy atom. The van der Waals surface area contributed by atoms with Gasteiger partial charge in [-0.3, -0.25) is 4.79 Å². The third kappa shape index (κ3) is 4.56.